The molecule has 2 aromatic carbocycles. The summed E-state index contributed by atoms with van der Waals surface area (Å²) in [6, 6.07) is 19.1. The van der Waals surface area contributed by atoms with Gasteiger partial charge >= 0.3 is 0 Å². The van der Waals surface area contributed by atoms with E-state index in [1.54, 1.807) is 7.11 Å². The molecule has 0 radical (unpaired) electrons. The van der Waals surface area contributed by atoms with Crippen molar-refractivity contribution in [3.63, 3.8) is 0 Å². The first-order chi connectivity index (χ1) is 12.8. The normalized spacial score (nSPS) is 16.6. The summed E-state index contributed by atoms with van der Waals surface area (Å²) in [6.07, 6.45) is 2.01. The van der Waals surface area contributed by atoms with Crippen LogP contribution >= 0.6 is 24.0 Å². The van der Waals surface area contributed by atoms with Gasteiger partial charge in [-0.3, -0.25) is 4.99 Å². The Morgan fingerprint density at radius 3 is 2.63 bits per heavy atom. The molecule has 1 aliphatic heterocycles. The number of nitrogens with one attached hydrogen (secondary N) is 2. The van der Waals surface area contributed by atoms with Crippen molar-refractivity contribution in [3.8, 4) is 5.75 Å². The molecule has 2 aromatic rings. The zero-order valence-corrected chi connectivity index (χ0v) is 18.4. The van der Waals surface area contributed by atoms with Gasteiger partial charge < -0.3 is 20.3 Å². The second-order valence-electron chi connectivity index (χ2n) is 6.47. The Balaban J connectivity index is 0.00000261. The van der Waals surface area contributed by atoms with Gasteiger partial charge in [-0.05, 0) is 36.6 Å². The molecule has 0 aliphatic carbocycles. The molecule has 0 spiro atoms. The highest BCUT2D eigenvalue weighted by Crippen LogP contribution is 2.20. The number of rotatable bonds is 6. The zero-order valence-electron chi connectivity index (χ0n) is 16.0. The number of anilines is 1. The van der Waals surface area contributed by atoms with Gasteiger partial charge in [0.2, 0.25) is 0 Å². The molecule has 0 saturated carbocycles. The van der Waals surface area contributed by atoms with Gasteiger partial charge in [0, 0.05) is 38.4 Å². The second kappa shape index (κ2) is 11.0. The average Bonchev–Trinajstić information content (AvgIpc) is 3.17. The fraction of sp³-hybridized carbons (Fsp3) is 0.381. The Kier molecular flexibility index (Phi) is 8.71. The molecule has 3 rings (SSSR count). The van der Waals surface area contributed by atoms with Crippen molar-refractivity contribution in [2.24, 2.45) is 4.99 Å². The minimum Gasteiger partial charge on any atom is -0.496 e. The summed E-state index contributed by atoms with van der Waals surface area (Å²) >= 11 is 0. The lowest BCUT2D eigenvalue weighted by atomic mass is 10.1. The third-order valence-corrected chi connectivity index (χ3v) is 4.75. The molecule has 1 fully saturated rings. The molecule has 1 unspecified atom stereocenters. The van der Waals surface area contributed by atoms with Crippen molar-refractivity contribution in [3.05, 3.63) is 60.2 Å². The van der Waals surface area contributed by atoms with Crippen LogP contribution < -0.4 is 20.3 Å². The lowest BCUT2D eigenvalue weighted by Gasteiger charge is -2.20. The van der Waals surface area contributed by atoms with E-state index in [4.69, 9.17) is 4.74 Å². The van der Waals surface area contributed by atoms with Crippen LogP contribution in [-0.2, 0) is 6.42 Å². The van der Waals surface area contributed by atoms with E-state index in [9.17, 15) is 0 Å². The molecular formula is C21H29IN4O. The van der Waals surface area contributed by atoms with Crippen molar-refractivity contribution in [2.75, 3.05) is 38.7 Å². The van der Waals surface area contributed by atoms with Gasteiger partial charge in [-0.1, -0.05) is 36.4 Å². The number of methoxy groups -OCH3 is 1. The standard InChI is InChI=1S/C21H28N4O.HI/c1-22-21(23-14-12-17-8-6-7-11-20(17)26-2)24-18-13-15-25(16-18)19-9-4-3-5-10-19;/h3-11,18H,12-16H2,1-2H3,(H2,22,23,24);1H. The Morgan fingerprint density at radius 1 is 1.15 bits per heavy atom. The smallest absolute Gasteiger partial charge is 0.191 e. The zero-order chi connectivity index (χ0) is 18.2. The van der Waals surface area contributed by atoms with E-state index in [1.807, 2.05) is 25.2 Å². The van der Waals surface area contributed by atoms with Crippen molar-refractivity contribution in [2.45, 2.75) is 18.9 Å². The molecule has 1 aliphatic rings. The largest absolute Gasteiger partial charge is 0.496 e. The van der Waals surface area contributed by atoms with Gasteiger partial charge in [0.1, 0.15) is 5.75 Å². The summed E-state index contributed by atoms with van der Waals surface area (Å²) in [6.45, 7) is 2.88. The van der Waals surface area contributed by atoms with E-state index in [0.717, 1.165) is 44.2 Å². The predicted molar refractivity (Wildman–Crippen MR) is 124 cm³/mol. The monoisotopic (exact) mass is 480 g/mol. The molecule has 0 amide bonds. The second-order valence-corrected chi connectivity index (χ2v) is 6.47. The molecule has 0 bridgehead atoms. The third kappa shape index (κ3) is 6.02. The van der Waals surface area contributed by atoms with Crippen LogP contribution in [0.25, 0.3) is 0 Å². The minimum atomic E-state index is 0. The van der Waals surface area contributed by atoms with Gasteiger partial charge in [-0.15, -0.1) is 24.0 Å². The van der Waals surface area contributed by atoms with Crippen LogP contribution in [0.1, 0.15) is 12.0 Å². The molecule has 27 heavy (non-hydrogen) atoms. The number of halogens is 1. The maximum atomic E-state index is 5.41. The highest BCUT2D eigenvalue weighted by molar-refractivity contribution is 14.0. The van der Waals surface area contributed by atoms with Crippen LogP contribution in [0.4, 0.5) is 5.69 Å². The lowest BCUT2D eigenvalue weighted by Crippen LogP contribution is -2.45. The van der Waals surface area contributed by atoms with Gasteiger partial charge in [0.25, 0.3) is 0 Å². The van der Waals surface area contributed by atoms with Crippen LogP contribution in [-0.4, -0.2) is 45.8 Å². The number of hydrogen-bond donors (Lipinski definition) is 2. The topological polar surface area (TPSA) is 48.9 Å². The number of ether oxygens (including phenoxy) is 1. The number of hydrogen-bond acceptors (Lipinski definition) is 3. The van der Waals surface area contributed by atoms with Crippen LogP contribution in [0.3, 0.4) is 0 Å². The minimum absolute atomic E-state index is 0. The molecule has 1 atom stereocenters. The van der Waals surface area contributed by atoms with E-state index in [0.29, 0.717) is 6.04 Å². The molecule has 2 N–H and O–H groups in total. The molecule has 5 nitrogen and oxygen atoms in total. The summed E-state index contributed by atoms with van der Waals surface area (Å²) in [4.78, 5) is 6.78. The number of benzene rings is 2. The number of guanidine groups is 1. The Labute approximate surface area is 179 Å². The molecule has 6 heteroatoms. The summed E-state index contributed by atoms with van der Waals surface area (Å²) in [5.41, 5.74) is 2.49. The number of aliphatic imine (C=N–C) groups is 1. The molecule has 1 saturated heterocycles. The van der Waals surface area contributed by atoms with E-state index < -0.39 is 0 Å². The highest BCUT2D eigenvalue weighted by Gasteiger charge is 2.23. The van der Waals surface area contributed by atoms with Crippen LogP contribution in [0.15, 0.2) is 59.6 Å². The van der Waals surface area contributed by atoms with Crippen LogP contribution in [0.2, 0.25) is 0 Å². The average molecular weight is 480 g/mol. The predicted octanol–water partition coefficient (Wildman–Crippen LogP) is 3.30. The summed E-state index contributed by atoms with van der Waals surface area (Å²) in [5.74, 6) is 1.80. The molecular weight excluding hydrogens is 451 g/mol. The Bertz CT molecular complexity index is 723. The first-order valence-corrected chi connectivity index (χ1v) is 9.19. The van der Waals surface area contributed by atoms with Crippen molar-refractivity contribution in [1.29, 1.82) is 0 Å². The first-order valence-electron chi connectivity index (χ1n) is 9.19. The fourth-order valence-electron chi connectivity index (χ4n) is 3.36. The van der Waals surface area contributed by atoms with Crippen molar-refractivity contribution in [1.82, 2.24) is 10.6 Å². The van der Waals surface area contributed by atoms with Crippen LogP contribution in [0.5, 0.6) is 5.75 Å². The summed E-state index contributed by atoms with van der Waals surface area (Å²) < 4.78 is 5.41. The quantitative estimate of drug-likeness (QED) is 0.379. The van der Waals surface area contributed by atoms with Gasteiger partial charge in [0.15, 0.2) is 5.96 Å². The highest BCUT2D eigenvalue weighted by atomic mass is 127. The molecule has 0 aromatic heterocycles. The van der Waals surface area contributed by atoms with Crippen LogP contribution in [0, 0.1) is 0 Å². The number of nitrogens with zero attached hydrogens (tertiary/aromatic N) is 2. The summed E-state index contributed by atoms with van der Waals surface area (Å²) in [7, 11) is 3.54. The Hall–Kier alpha value is -1.96. The molecule has 1 heterocycles. The van der Waals surface area contributed by atoms with Crippen molar-refractivity contribution < 1.29 is 4.74 Å². The van der Waals surface area contributed by atoms with Crippen molar-refractivity contribution >= 4 is 35.6 Å². The first kappa shape index (κ1) is 21.3. The van der Waals surface area contributed by atoms with E-state index >= 15 is 0 Å². The Morgan fingerprint density at radius 2 is 1.89 bits per heavy atom. The number of para-hydroxylation sites is 2. The van der Waals surface area contributed by atoms with E-state index in [-0.39, 0.29) is 24.0 Å². The van der Waals surface area contributed by atoms with Gasteiger partial charge in [-0.25, -0.2) is 0 Å². The fourth-order valence-corrected chi connectivity index (χ4v) is 3.36. The van der Waals surface area contributed by atoms with E-state index in [2.05, 4.69) is 56.9 Å². The summed E-state index contributed by atoms with van der Waals surface area (Å²) in [5, 5.41) is 6.96. The van der Waals surface area contributed by atoms with E-state index in [1.165, 1.54) is 11.3 Å². The van der Waals surface area contributed by atoms with Gasteiger partial charge in [-0.2, -0.15) is 0 Å². The maximum absolute atomic E-state index is 5.41. The molecule has 146 valence electrons. The van der Waals surface area contributed by atoms with Gasteiger partial charge in [0.05, 0.1) is 7.11 Å². The lowest BCUT2D eigenvalue weighted by molar-refractivity contribution is 0.409. The maximum Gasteiger partial charge on any atom is 0.191 e. The SMILES string of the molecule is CN=C(NCCc1ccccc1OC)NC1CCN(c2ccccc2)C1.I. The third-order valence-electron chi connectivity index (χ3n) is 4.75.